The Morgan fingerprint density at radius 1 is 1.00 bits per heavy atom. The molecule has 0 aromatic heterocycles. The second-order valence-corrected chi connectivity index (χ2v) is 10.5. The highest BCUT2D eigenvalue weighted by Gasteiger charge is 2.25. The van der Waals surface area contributed by atoms with Crippen LogP contribution < -0.4 is 5.32 Å². The van der Waals surface area contributed by atoms with Gasteiger partial charge in [0.1, 0.15) is 11.1 Å². The van der Waals surface area contributed by atoms with Crippen LogP contribution >= 0.6 is 23.5 Å². The Kier molecular flexibility index (Phi) is 7.85. The summed E-state index contributed by atoms with van der Waals surface area (Å²) < 4.78 is 26.5. The Bertz CT molecular complexity index is 1210. The van der Waals surface area contributed by atoms with Crippen LogP contribution in [0.25, 0.3) is 0 Å². The van der Waals surface area contributed by atoms with Crippen LogP contribution in [-0.2, 0) is 15.6 Å². The number of aryl methyl sites for hydroxylation is 1. The molecule has 0 unspecified atom stereocenters. The molecule has 0 aliphatic rings. The van der Waals surface area contributed by atoms with Gasteiger partial charge in [-0.1, -0.05) is 54.1 Å². The fourth-order valence-corrected chi connectivity index (χ4v) is 5.78. The standard InChI is InChI=1S/C24H22N2O2S3/c1-18-11-13-19(14-12-18)17-30-24(26-20-7-6-8-21(15-20)29-2)23(16-25)31(27,28)22-9-4-3-5-10-22/h3-15,26H,17H2,1-2H3/b24-23+. The molecule has 0 heterocycles. The fourth-order valence-electron chi connectivity index (χ4n) is 2.78. The minimum atomic E-state index is -3.97. The Labute approximate surface area is 192 Å². The topological polar surface area (TPSA) is 70.0 Å². The number of allylic oxidation sites excluding steroid dienone is 1. The first-order valence-corrected chi connectivity index (χ1v) is 13.2. The van der Waals surface area contributed by atoms with Gasteiger partial charge in [-0.2, -0.15) is 5.26 Å². The molecule has 0 atom stereocenters. The van der Waals surface area contributed by atoms with E-state index in [4.69, 9.17) is 0 Å². The van der Waals surface area contributed by atoms with Crippen molar-refractivity contribution in [2.45, 2.75) is 22.5 Å². The molecule has 4 nitrogen and oxygen atoms in total. The second kappa shape index (κ2) is 10.6. The molecule has 0 radical (unpaired) electrons. The minimum absolute atomic E-state index is 0.0969. The summed E-state index contributed by atoms with van der Waals surface area (Å²) in [6.07, 6.45) is 1.97. The van der Waals surface area contributed by atoms with E-state index in [1.165, 1.54) is 23.9 Å². The van der Waals surface area contributed by atoms with Gasteiger partial charge in [0, 0.05) is 16.3 Å². The summed E-state index contributed by atoms with van der Waals surface area (Å²) in [6, 6.07) is 25.7. The third-order valence-corrected chi connectivity index (χ3v) is 8.11. The first-order chi connectivity index (χ1) is 14.9. The SMILES string of the molecule is CSc1cccc(N/C(SCc2ccc(C)cc2)=C(/C#N)S(=O)(=O)c2ccccc2)c1. The van der Waals surface area contributed by atoms with Crippen molar-refractivity contribution in [3.63, 3.8) is 0 Å². The Morgan fingerprint density at radius 3 is 2.35 bits per heavy atom. The van der Waals surface area contributed by atoms with E-state index in [2.05, 4.69) is 5.32 Å². The average molecular weight is 467 g/mol. The summed E-state index contributed by atoms with van der Waals surface area (Å²) >= 11 is 2.90. The number of sulfone groups is 1. The van der Waals surface area contributed by atoms with Crippen molar-refractivity contribution >= 4 is 39.0 Å². The van der Waals surface area contributed by atoms with E-state index in [9.17, 15) is 13.7 Å². The van der Waals surface area contributed by atoms with Gasteiger partial charge in [-0.05, 0) is 49.1 Å². The number of nitrogens with zero attached hydrogens (tertiary/aromatic N) is 1. The van der Waals surface area contributed by atoms with Gasteiger partial charge < -0.3 is 5.32 Å². The van der Waals surface area contributed by atoms with E-state index in [0.717, 1.165) is 21.7 Å². The summed E-state index contributed by atoms with van der Waals surface area (Å²) in [4.78, 5) is 0.849. The molecule has 0 fully saturated rings. The summed E-state index contributed by atoms with van der Waals surface area (Å²) in [7, 11) is -3.97. The van der Waals surface area contributed by atoms with Gasteiger partial charge in [-0.3, -0.25) is 0 Å². The van der Waals surface area contributed by atoms with Crippen molar-refractivity contribution in [2.24, 2.45) is 0 Å². The number of rotatable bonds is 8. The molecule has 0 spiro atoms. The van der Waals surface area contributed by atoms with Crippen LogP contribution in [0.2, 0.25) is 0 Å². The zero-order valence-electron chi connectivity index (χ0n) is 17.2. The van der Waals surface area contributed by atoms with Crippen LogP contribution in [-0.4, -0.2) is 14.7 Å². The van der Waals surface area contributed by atoms with Crippen LogP contribution in [0.15, 0.2) is 98.6 Å². The van der Waals surface area contributed by atoms with E-state index in [1.54, 1.807) is 30.0 Å². The lowest BCUT2D eigenvalue weighted by Gasteiger charge is -2.14. The van der Waals surface area contributed by atoms with Gasteiger partial charge in [-0.15, -0.1) is 23.5 Å². The smallest absolute Gasteiger partial charge is 0.219 e. The monoisotopic (exact) mass is 466 g/mol. The summed E-state index contributed by atoms with van der Waals surface area (Å²) in [5, 5.41) is 13.4. The van der Waals surface area contributed by atoms with E-state index in [0.29, 0.717) is 10.8 Å². The van der Waals surface area contributed by atoms with Gasteiger partial charge in [-0.25, -0.2) is 8.42 Å². The molecule has 0 amide bonds. The number of benzene rings is 3. The molecular formula is C24H22N2O2S3. The Hall–Kier alpha value is -2.66. The fraction of sp³-hybridized carbons (Fsp3) is 0.125. The largest absolute Gasteiger partial charge is 0.349 e. The highest BCUT2D eigenvalue weighted by Crippen LogP contribution is 2.32. The molecule has 0 bridgehead atoms. The molecule has 0 saturated heterocycles. The predicted octanol–water partition coefficient (Wildman–Crippen LogP) is 6.23. The number of hydrogen-bond donors (Lipinski definition) is 1. The third-order valence-electron chi connectivity index (χ3n) is 4.46. The summed E-state index contributed by atoms with van der Waals surface area (Å²) in [6.45, 7) is 2.02. The van der Waals surface area contributed by atoms with Crippen molar-refractivity contribution < 1.29 is 8.42 Å². The maximum atomic E-state index is 13.2. The molecule has 1 N–H and O–H groups in total. The maximum absolute atomic E-state index is 13.2. The average Bonchev–Trinajstić information content (AvgIpc) is 2.79. The number of hydrogen-bond acceptors (Lipinski definition) is 6. The molecule has 0 aliphatic heterocycles. The van der Waals surface area contributed by atoms with Gasteiger partial charge >= 0.3 is 0 Å². The van der Waals surface area contributed by atoms with Crippen LogP contribution in [0, 0.1) is 18.3 Å². The zero-order valence-corrected chi connectivity index (χ0v) is 19.7. The van der Waals surface area contributed by atoms with E-state index in [-0.39, 0.29) is 9.80 Å². The van der Waals surface area contributed by atoms with Crippen LogP contribution in [0.4, 0.5) is 5.69 Å². The summed E-state index contributed by atoms with van der Waals surface area (Å²) in [5.74, 6) is 0.528. The highest BCUT2D eigenvalue weighted by atomic mass is 32.2. The molecule has 0 aliphatic carbocycles. The lowest BCUT2D eigenvalue weighted by molar-refractivity contribution is 0.603. The van der Waals surface area contributed by atoms with Crippen molar-refractivity contribution in [1.82, 2.24) is 0 Å². The highest BCUT2D eigenvalue weighted by molar-refractivity contribution is 8.04. The lowest BCUT2D eigenvalue weighted by Crippen LogP contribution is -2.10. The number of thioether (sulfide) groups is 2. The van der Waals surface area contributed by atoms with Crippen molar-refractivity contribution in [2.75, 3.05) is 11.6 Å². The van der Waals surface area contributed by atoms with E-state index in [1.807, 2.05) is 67.8 Å². The van der Waals surface area contributed by atoms with Crippen LogP contribution in [0.1, 0.15) is 11.1 Å². The maximum Gasteiger partial charge on any atom is 0.219 e. The molecule has 31 heavy (non-hydrogen) atoms. The van der Waals surface area contributed by atoms with Gasteiger partial charge in [0.15, 0.2) is 4.91 Å². The van der Waals surface area contributed by atoms with E-state index >= 15 is 0 Å². The molecule has 7 heteroatoms. The third kappa shape index (κ3) is 5.95. The molecule has 3 rings (SSSR count). The van der Waals surface area contributed by atoms with Crippen molar-refractivity contribution in [3.8, 4) is 6.07 Å². The lowest BCUT2D eigenvalue weighted by atomic mass is 10.2. The first kappa shape index (κ1) is 23.0. The number of nitriles is 1. The van der Waals surface area contributed by atoms with Crippen molar-refractivity contribution in [1.29, 1.82) is 5.26 Å². The quantitative estimate of drug-likeness (QED) is 0.313. The van der Waals surface area contributed by atoms with Crippen molar-refractivity contribution in [3.05, 3.63) is 99.9 Å². The van der Waals surface area contributed by atoms with Gasteiger partial charge in [0.05, 0.1) is 4.90 Å². The molecule has 0 saturated carbocycles. The normalized spacial score (nSPS) is 12.0. The first-order valence-electron chi connectivity index (χ1n) is 9.48. The van der Waals surface area contributed by atoms with Gasteiger partial charge in [0.2, 0.25) is 9.84 Å². The number of nitrogens with one attached hydrogen (secondary N) is 1. The van der Waals surface area contributed by atoms with Crippen LogP contribution in [0.3, 0.4) is 0 Å². The van der Waals surface area contributed by atoms with Gasteiger partial charge in [0.25, 0.3) is 0 Å². The molecular weight excluding hydrogens is 444 g/mol. The minimum Gasteiger partial charge on any atom is -0.349 e. The predicted molar refractivity (Wildman–Crippen MR) is 131 cm³/mol. The molecule has 158 valence electrons. The Balaban J connectivity index is 2.03. The molecule has 3 aromatic carbocycles. The second-order valence-electron chi connectivity index (χ2n) is 6.72. The van der Waals surface area contributed by atoms with Crippen LogP contribution in [0.5, 0.6) is 0 Å². The summed E-state index contributed by atoms with van der Waals surface area (Å²) in [5.41, 5.74) is 2.93. The number of anilines is 1. The molecule has 3 aromatic rings. The Morgan fingerprint density at radius 2 is 1.71 bits per heavy atom. The zero-order chi connectivity index (χ0) is 22.3. The van der Waals surface area contributed by atoms with E-state index < -0.39 is 9.84 Å².